The van der Waals surface area contributed by atoms with E-state index in [0.717, 1.165) is 0 Å². The fourth-order valence-electron chi connectivity index (χ4n) is 1.36. The van der Waals surface area contributed by atoms with Crippen molar-refractivity contribution in [2.24, 2.45) is 0 Å². The van der Waals surface area contributed by atoms with E-state index in [1.807, 2.05) is 26.0 Å². The zero-order valence-corrected chi connectivity index (χ0v) is 10.7. The Morgan fingerprint density at radius 1 is 1.18 bits per heavy atom. The van der Waals surface area contributed by atoms with Gasteiger partial charge in [-0.3, -0.25) is 4.79 Å². The van der Waals surface area contributed by atoms with Crippen molar-refractivity contribution in [3.63, 3.8) is 0 Å². The van der Waals surface area contributed by atoms with Gasteiger partial charge in [0.05, 0.1) is 7.11 Å². The highest BCUT2D eigenvalue weighted by Gasteiger charge is 2.16. The van der Waals surface area contributed by atoms with Crippen LogP contribution in [0.2, 0.25) is 0 Å². The van der Waals surface area contributed by atoms with E-state index < -0.39 is 6.10 Å². The van der Waals surface area contributed by atoms with Gasteiger partial charge < -0.3 is 14.8 Å². The fraction of sp³-hybridized carbons (Fsp3) is 0.462. The van der Waals surface area contributed by atoms with Crippen LogP contribution in [0.4, 0.5) is 0 Å². The van der Waals surface area contributed by atoms with E-state index in [1.165, 1.54) is 0 Å². The van der Waals surface area contributed by atoms with E-state index in [-0.39, 0.29) is 11.9 Å². The molecule has 0 aliphatic heterocycles. The molecule has 1 rings (SSSR count). The molecule has 0 radical (unpaired) electrons. The van der Waals surface area contributed by atoms with E-state index >= 15 is 0 Å². The van der Waals surface area contributed by atoms with Crippen LogP contribution in [0.3, 0.4) is 0 Å². The Morgan fingerprint density at radius 2 is 1.76 bits per heavy atom. The number of benzene rings is 1. The Kier molecular flexibility index (Phi) is 4.82. The SMILES string of the molecule is COc1ccccc1O[C@@H](C)C(=O)NC(C)C. The van der Waals surface area contributed by atoms with Crippen LogP contribution in [-0.2, 0) is 4.79 Å². The first-order chi connectivity index (χ1) is 8.04. The van der Waals surface area contributed by atoms with Gasteiger partial charge in [0.25, 0.3) is 5.91 Å². The van der Waals surface area contributed by atoms with Gasteiger partial charge in [0.1, 0.15) is 0 Å². The van der Waals surface area contributed by atoms with Crippen LogP contribution >= 0.6 is 0 Å². The molecule has 0 heterocycles. The first-order valence-electron chi connectivity index (χ1n) is 5.64. The van der Waals surface area contributed by atoms with Gasteiger partial charge >= 0.3 is 0 Å². The van der Waals surface area contributed by atoms with Crippen LogP contribution in [0.5, 0.6) is 11.5 Å². The van der Waals surface area contributed by atoms with E-state index in [1.54, 1.807) is 26.2 Å². The van der Waals surface area contributed by atoms with Crippen LogP contribution in [0.15, 0.2) is 24.3 Å². The summed E-state index contributed by atoms with van der Waals surface area (Å²) in [6, 6.07) is 7.36. The minimum absolute atomic E-state index is 0.103. The van der Waals surface area contributed by atoms with E-state index in [4.69, 9.17) is 9.47 Å². The normalized spacial score (nSPS) is 12.1. The highest BCUT2D eigenvalue weighted by atomic mass is 16.5. The van der Waals surface area contributed by atoms with Gasteiger partial charge in [-0.25, -0.2) is 0 Å². The topological polar surface area (TPSA) is 47.6 Å². The van der Waals surface area contributed by atoms with E-state index in [0.29, 0.717) is 11.5 Å². The number of hydrogen-bond acceptors (Lipinski definition) is 3. The Bertz CT molecular complexity index is 377. The number of carbonyl (C=O) groups is 1. The number of hydrogen-bond donors (Lipinski definition) is 1. The van der Waals surface area contributed by atoms with Crippen molar-refractivity contribution in [2.45, 2.75) is 32.9 Å². The smallest absolute Gasteiger partial charge is 0.260 e. The Labute approximate surface area is 102 Å². The third kappa shape index (κ3) is 3.98. The fourth-order valence-corrected chi connectivity index (χ4v) is 1.36. The molecule has 0 saturated carbocycles. The lowest BCUT2D eigenvalue weighted by molar-refractivity contribution is -0.127. The molecule has 4 heteroatoms. The molecule has 1 amide bonds. The van der Waals surface area contributed by atoms with Gasteiger partial charge in [0.15, 0.2) is 17.6 Å². The third-order valence-corrected chi connectivity index (χ3v) is 2.17. The molecule has 1 N–H and O–H groups in total. The minimum atomic E-state index is -0.548. The summed E-state index contributed by atoms with van der Waals surface area (Å²) in [7, 11) is 1.57. The molecule has 0 aliphatic rings. The van der Waals surface area contributed by atoms with E-state index in [9.17, 15) is 4.79 Å². The van der Waals surface area contributed by atoms with Crippen LogP contribution < -0.4 is 14.8 Å². The van der Waals surface area contributed by atoms with Crippen LogP contribution in [-0.4, -0.2) is 25.2 Å². The van der Waals surface area contributed by atoms with Gasteiger partial charge in [0, 0.05) is 6.04 Å². The second-order valence-corrected chi connectivity index (χ2v) is 4.07. The lowest BCUT2D eigenvalue weighted by Gasteiger charge is -2.17. The molecule has 0 bridgehead atoms. The van der Waals surface area contributed by atoms with Crippen molar-refractivity contribution in [3.8, 4) is 11.5 Å². The second kappa shape index (κ2) is 6.13. The van der Waals surface area contributed by atoms with Crippen molar-refractivity contribution < 1.29 is 14.3 Å². The summed E-state index contributed by atoms with van der Waals surface area (Å²) in [5.74, 6) is 1.06. The molecule has 1 aromatic carbocycles. The summed E-state index contributed by atoms with van der Waals surface area (Å²) in [5.41, 5.74) is 0. The zero-order valence-electron chi connectivity index (χ0n) is 10.7. The highest BCUT2D eigenvalue weighted by molar-refractivity contribution is 5.81. The maximum absolute atomic E-state index is 11.7. The highest BCUT2D eigenvalue weighted by Crippen LogP contribution is 2.26. The maximum atomic E-state index is 11.7. The summed E-state index contributed by atoms with van der Waals surface area (Å²) in [6.45, 7) is 5.53. The maximum Gasteiger partial charge on any atom is 0.260 e. The molecule has 94 valence electrons. The lowest BCUT2D eigenvalue weighted by Crippen LogP contribution is -2.40. The molecule has 1 atom stereocenters. The van der Waals surface area contributed by atoms with Crippen molar-refractivity contribution in [2.75, 3.05) is 7.11 Å². The Balaban J connectivity index is 2.67. The predicted molar refractivity (Wildman–Crippen MR) is 66.4 cm³/mol. The molecule has 0 unspecified atom stereocenters. The minimum Gasteiger partial charge on any atom is -0.493 e. The van der Waals surface area contributed by atoms with Crippen molar-refractivity contribution >= 4 is 5.91 Å². The van der Waals surface area contributed by atoms with Gasteiger partial charge in [0.2, 0.25) is 0 Å². The quantitative estimate of drug-likeness (QED) is 0.852. The lowest BCUT2D eigenvalue weighted by atomic mass is 10.3. The van der Waals surface area contributed by atoms with E-state index in [2.05, 4.69) is 5.32 Å². The molecule has 0 fully saturated rings. The molecule has 0 aromatic heterocycles. The summed E-state index contributed by atoms with van der Waals surface area (Å²) >= 11 is 0. The number of nitrogens with one attached hydrogen (secondary N) is 1. The van der Waals surface area contributed by atoms with Gasteiger partial charge in [-0.2, -0.15) is 0 Å². The predicted octanol–water partition coefficient (Wildman–Crippen LogP) is 1.99. The number of carbonyl (C=O) groups excluding carboxylic acids is 1. The zero-order chi connectivity index (χ0) is 12.8. The number of methoxy groups -OCH3 is 1. The summed E-state index contributed by atoms with van der Waals surface area (Å²) in [4.78, 5) is 11.7. The Hall–Kier alpha value is -1.71. The molecule has 0 saturated heterocycles. The largest absolute Gasteiger partial charge is 0.493 e. The van der Waals surface area contributed by atoms with Crippen LogP contribution in [0.1, 0.15) is 20.8 Å². The molecule has 0 spiro atoms. The molecule has 4 nitrogen and oxygen atoms in total. The number of rotatable bonds is 5. The van der Waals surface area contributed by atoms with Crippen molar-refractivity contribution in [1.29, 1.82) is 0 Å². The van der Waals surface area contributed by atoms with Crippen molar-refractivity contribution in [3.05, 3.63) is 24.3 Å². The molecular formula is C13H19NO3. The average Bonchev–Trinajstić information content (AvgIpc) is 2.28. The first kappa shape index (κ1) is 13.4. The monoisotopic (exact) mass is 237 g/mol. The Morgan fingerprint density at radius 3 is 2.29 bits per heavy atom. The molecule has 1 aromatic rings. The third-order valence-electron chi connectivity index (χ3n) is 2.17. The average molecular weight is 237 g/mol. The standard InChI is InChI=1S/C13H19NO3/c1-9(2)14-13(15)10(3)17-12-8-6-5-7-11(12)16-4/h5-10H,1-4H3,(H,14,15)/t10-/m0/s1. The number of ether oxygens (including phenoxy) is 2. The van der Waals surface area contributed by atoms with Crippen LogP contribution in [0, 0.1) is 0 Å². The van der Waals surface area contributed by atoms with Crippen molar-refractivity contribution in [1.82, 2.24) is 5.32 Å². The summed E-state index contributed by atoms with van der Waals surface area (Å²) in [5, 5.41) is 2.80. The van der Waals surface area contributed by atoms with Gasteiger partial charge in [-0.05, 0) is 32.9 Å². The summed E-state index contributed by atoms with van der Waals surface area (Å²) < 4.78 is 10.7. The first-order valence-corrected chi connectivity index (χ1v) is 5.64. The molecular weight excluding hydrogens is 218 g/mol. The number of amides is 1. The van der Waals surface area contributed by atoms with Crippen LogP contribution in [0.25, 0.3) is 0 Å². The van der Waals surface area contributed by atoms with Gasteiger partial charge in [-0.15, -0.1) is 0 Å². The molecule has 17 heavy (non-hydrogen) atoms. The summed E-state index contributed by atoms with van der Waals surface area (Å²) in [6.07, 6.45) is -0.548. The second-order valence-electron chi connectivity index (χ2n) is 4.07. The molecule has 0 aliphatic carbocycles. The number of para-hydroxylation sites is 2. The van der Waals surface area contributed by atoms with Gasteiger partial charge in [-0.1, -0.05) is 12.1 Å².